The molecule has 0 aromatic rings. The predicted molar refractivity (Wildman–Crippen MR) is 37.6 cm³/mol. The molecule has 0 aliphatic rings. The SMILES string of the molecule is COC/C=C\COC(C)=O. The van der Waals surface area contributed by atoms with E-state index < -0.39 is 0 Å². The summed E-state index contributed by atoms with van der Waals surface area (Å²) in [6, 6.07) is 0. The molecule has 0 aliphatic heterocycles. The fourth-order valence-electron chi connectivity index (χ4n) is 0.398. The van der Waals surface area contributed by atoms with E-state index in [0.717, 1.165) is 0 Å². The van der Waals surface area contributed by atoms with E-state index in [2.05, 4.69) is 4.74 Å². The molecule has 0 rings (SSSR count). The van der Waals surface area contributed by atoms with Gasteiger partial charge in [0.2, 0.25) is 0 Å². The molecule has 3 heteroatoms. The lowest BCUT2D eigenvalue weighted by Crippen LogP contribution is -1.97. The number of ether oxygens (including phenoxy) is 2. The first-order valence-electron chi connectivity index (χ1n) is 3.04. The summed E-state index contributed by atoms with van der Waals surface area (Å²) < 4.78 is 9.33. The Hall–Kier alpha value is -0.830. The molecule has 0 aliphatic carbocycles. The van der Waals surface area contributed by atoms with Crippen LogP contribution in [0, 0.1) is 0 Å². The Labute approximate surface area is 60.6 Å². The van der Waals surface area contributed by atoms with E-state index in [-0.39, 0.29) is 5.97 Å². The predicted octanol–water partition coefficient (Wildman–Crippen LogP) is 0.752. The van der Waals surface area contributed by atoms with Gasteiger partial charge in [-0.15, -0.1) is 0 Å². The van der Waals surface area contributed by atoms with Gasteiger partial charge in [0.1, 0.15) is 6.61 Å². The molecule has 0 radical (unpaired) electrons. The van der Waals surface area contributed by atoms with Crippen molar-refractivity contribution >= 4 is 5.97 Å². The zero-order valence-corrected chi connectivity index (χ0v) is 6.29. The van der Waals surface area contributed by atoms with Gasteiger partial charge in [-0.25, -0.2) is 0 Å². The topological polar surface area (TPSA) is 35.5 Å². The van der Waals surface area contributed by atoms with E-state index in [9.17, 15) is 4.79 Å². The molecule has 0 atom stereocenters. The van der Waals surface area contributed by atoms with E-state index in [0.29, 0.717) is 13.2 Å². The van der Waals surface area contributed by atoms with Crippen LogP contribution in [-0.4, -0.2) is 26.3 Å². The second-order valence-electron chi connectivity index (χ2n) is 1.73. The van der Waals surface area contributed by atoms with Gasteiger partial charge >= 0.3 is 5.97 Å². The summed E-state index contributed by atoms with van der Waals surface area (Å²) in [5, 5.41) is 0. The Morgan fingerprint density at radius 3 is 2.50 bits per heavy atom. The molecule has 0 fully saturated rings. The first-order valence-corrected chi connectivity index (χ1v) is 3.04. The molecule has 0 saturated heterocycles. The number of methoxy groups -OCH3 is 1. The van der Waals surface area contributed by atoms with Gasteiger partial charge in [0.05, 0.1) is 6.61 Å². The first kappa shape index (κ1) is 9.17. The van der Waals surface area contributed by atoms with Crippen molar-refractivity contribution in [1.82, 2.24) is 0 Å². The monoisotopic (exact) mass is 144 g/mol. The lowest BCUT2D eigenvalue weighted by molar-refractivity contribution is -0.139. The lowest BCUT2D eigenvalue weighted by atomic mass is 10.5. The van der Waals surface area contributed by atoms with E-state index >= 15 is 0 Å². The summed E-state index contributed by atoms with van der Waals surface area (Å²) in [7, 11) is 1.61. The normalized spacial score (nSPS) is 10.2. The van der Waals surface area contributed by atoms with Gasteiger partial charge in [-0.2, -0.15) is 0 Å². The molecule has 3 nitrogen and oxygen atoms in total. The Balaban J connectivity index is 3.10. The van der Waals surface area contributed by atoms with Gasteiger partial charge in [-0.05, 0) is 6.08 Å². The van der Waals surface area contributed by atoms with Gasteiger partial charge in [0.25, 0.3) is 0 Å². The smallest absolute Gasteiger partial charge is 0.302 e. The molecule has 0 amide bonds. The maximum atomic E-state index is 10.2. The standard InChI is InChI=1S/C7H12O3/c1-7(8)10-6-4-3-5-9-2/h3-4H,5-6H2,1-2H3/b4-3-. The number of carbonyl (C=O) groups excluding carboxylic acids is 1. The maximum absolute atomic E-state index is 10.2. The van der Waals surface area contributed by atoms with Crippen molar-refractivity contribution in [2.24, 2.45) is 0 Å². The summed E-state index contributed by atoms with van der Waals surface area (Å²) in [4.78, 5) is 10.2. The van der Waals surface area contributed by atoms with Crippen LogP contribution in [0.3, 0.4) is 0 Å². The Morgan fingerprint density at radius 1 is 1.40 bits per heavy atom. The average Bonchev–Trinajstić information content (AvgIpc) is 1.87. The minimum atomic E-state index is -0.262. The van der Waals surface area contributed by atoms with E-state index in [1.807, 2.05) is 0 Å². The second kappa shape index (κ2) is 6.29. The van der Waals surface area contributed by atoms with Crippen LogP contribution in [0.25, 0.3) is 0 Å². The molecule has 58 valence electrons. The zero-order valence-electron chi connectivity index (χ0n) is 6.29. The van der Waals surface area contributed by atoms with Crippen LogP contribution in [0.5, 0.6) is 0 Å². The molecule has 10 heavy (non-hydrogen) atoms. The fraction of sp³-hybridized carbons (Fsp3) is 0.571. The van der Waals surface area contributed by atoms with Gasteiger partial charge in [-0.3, -0.25) is 4.79 Å². The van der Waals surface area contributed by atoms with Crippen LogP contribution < -0.4 is 0 Å². The van der Waals surface area contributed by atoms with Crippen LogP contribution in [-0.2, 0) is 14.3 Å². The molecule has 0 aromatic carbocycles. The number of carbonyl (C=O) groups is 1. The minimum Gasteiger partial charge on any atom is -0.462 e. The molecule has 0 N–H and O–H groups in total. The lowest BCUT2D eigenvalue weighted by Gasteiger charge is -1.93. The van der Waals surface area contributed by atoms with E-state index in [1.165, 1.54) is 6.92 Å². The minimum absolute atomic E-state index is 0.262. The van der Waals surface area contributed by atoms with Gasteiger partial charge in [0.15, 0.2) is 0 Å². The van der Waals surface area contributed by atoms with Crippen LogP contribution in [0.4, 0.5) is 0 Å². The third-order valence-corrected chi connectivity index (χ3v) is 0.812. The van der Waals surface area contributed by atoms with Gasteiger partial charge < -0.3 is 9.47 Å². The summed E-state index contributed by atoms with van der Waals surface area (Å²) in [5.74, 6) is -0.262. The number of hydrogen-bond donors (Lipinski definition) is 0. The molecular weight excluding hydrogens is 132 g/mol. The van der Waals surface area contributed by atoms with E-state index in [1.54, 1.807) is 19.3 Å². The third-order valence-electron chi connectivity index (χ3n) is 0.812. The molecule has 0 bridgehead atoms. The van der Waals surface area contributed by atoms with Crippen molar-refractivity contribution in [3.05, 3.63) is 12.2 Å². The maximum Gasteiger partial charge on any atom is 0.302 e. The van der Waals surface area contributed by atoms with Crippen LogP contribution in [0.1, 0.15) is 6.92 Å². The summed E-state index contributed by atoms with van der Waals surface area (Å²) in [6.45, 7) is 2.27. The highest BCUT2D eigenvalue weighted by molar-refractivity contribution is 5.65. The third kappa shape index (κ3) is 7.17. The van der Waals surface area contributed by atoms with E-state index in [4.69, 9.17) is 4.74 Å². The highest BCUT2D eigenvalue weighted by Crippen LogP contribution is 1.79. The largest absolute Gasteiger partial charge is 0.462 e. The summed E-state index contributed by atoms with van der Waals surface area (Å²) >= 11 is 0. The first-order chi connectivity index (χ1) is 4.77. The molecule has 0 unspecified atom stereocenters. The van der Waals surface area contributed by atoms with Crippen LogP contribution in [0.2, 0.25) is 0 Å². The zero-order chi connectivity index (χ0) is 7.82. The van der Waals surface area contributed by atoms with Crippen molar-refractivity contribution in [3.8, 4) is 0 Å². The second-order valence-corrected chi connectivity index (χ2v) is 1.73. The Bertz CT molecular complexity index is 118. The van der Waals surface area contributed by atoms with Crippen molar-refractivity contribution < 1.29 is 14.3 Å². The van der Waals surface area contributed by atoms with Crippen molar-refractivity contribution in [1.29, 1.82) is 0 Å². The van der Waals surface area contributed by atoms with Gasteiger partial charge in [0, 0.05) is 14.0 Å². The highest BCUT2D eigenvalue weighted by atomic mass is 16.5. The Morgan fingerprint density at radius 2 is 2.00 bits per heavy atom. The highest BCUT2D eigenvalue weighted by Gasteiger charge is 1.85. The number of esters is 1. The van der Waals surface area contributed by atoms with Crippen molar-refractivity contribution in [2.75, 3.05) is 20.3 Å². The summed E-state index contributed by atoms with van der Waals surface area (Å²) in [5.41, 5.74) is 0. The average molecular weight is 144 g/mol. The molecule has 0 saturated carbocycles. The summed E-state index contributed by atoms with van der Waals surface area (Å²) in [6.07, 6.45) is 3.54. The fourth-order valence-corrected chi connectivity index (χ4v) is 0.398. The molecule has 0 spiro atoms. The molecule has 0 aromatic heterocycles. The quantitative estimate of drug-likeness (QED) is 0.431. The number of hydrogen-bond acceptors (Lipinski definition) is 3. The Kier molecular flexibility index (Phi) is 5.77. The number of rotatable bonds is 4. The molecular formula is C7H12O3. The van der Waals surface area contributed by atoms with Crippen LogP contribution in [0.15, 0.2) is 12.2 Å². The van der Waals surface area contributed by atoms with Crippen molar-refractivity contribution in [2.45, 2.75) is 6.92 Å². The van der Waals surface area contributed by atoms with Gasteiger partial charge in [-0.1, -0.05) is 6.08 Å². The van der Waals surface area contributed by atoms with Crippen molar-refractivity contribution in [3.63, 3.8) is 0 Å². The molecule has 0 heterocycles. The van der Waals surface area contributed by atoms with Crippen LogP contribution >= 0.6 is 0 Å².